The molecule has 0 unspecified atom stereocenters. The van der Waals surface area contributed by atoms with Crippen molar-refractivity contribution in [3.05, 3.63) is 42.0 Å². The maximum Gasteiger partial charge on any atom is 0.0629 e. The van der Waals surface area contributed by atoms with E-state index < -0.39 is 0 Å². The fourth-order valence-electron chi connectivity index (χ4n) is 1.29. The Balaban J connectivity index is 2.63. The van der Waals surface area contributed by atoms with Gasteiger partial charge in [0.05, 0.1) is 5.69 Å². The normalized spacial score (nSPS) is 12.3. The Bertz CT molecular complexity index is 322. The summed E-state index contributed by atoms with van der Waals surface area (Å²) in [5.41, 5.74) is 2.34. The summed E-state index contributed by atoms with van der Waals surface area (Å²) in [6, 6.07) is 10.1. The number of benzene rings is 1. The highest BCUT2D eigenvalue weighted by atomic mass is 14.7. The summed E-state index contributed by atoms with van der Waals surface area (Å²) in [6.07, 6.45) is 7.64. The zero-order valence-electron chi connectivity index (χ0n) is 9.61. The van der Waals surface area contributed by atoms with Crippen LogP contribution in [0.5, 0.6) is 0 Å². The lowest BCUT2D eigenvalue weighted by Crippen LogP contribution is -1.82. The van der Waals surface area contributed by atoms with Crippen LogP contribution in [0.15, 0.2) is 47.0 Å². The molecule has 0 bridgehead atoms. The van der Waals surface area contributed by atoms with Gasteiger partial charge in [-0.2, -0.15) is 0 Å². The van der Waals surface area contributed by atoms with Gasteiger partial charge in [-0.3, -0.25) is 4.99 Å². The molecule has 15 heavy (non-hydrogen) atoms. The van der Waals surface area contributed by atoms with Crippen molar-refractivity contribution in [2.45, 2.75) is 33.1 Å². The Hall–Kier alpha value is -1.37. The number of rotatable bonds is 5. The molecular formula is C14H19N. The fraction of sp³-hybridized carbons (Fsp3) is 0.357. The number of nitrogens with zero attached hydrogens (tertiary/aromatic N) is 1. The molecule has 0 atom stereocenters. The van der Waals surface area contributed by atoms with Gasteiger partial charge >= 0.3 is 0 Å². The maximum absolute atomic E-state index is 4.44. The van der Waals surface area contributed by atoms with Crippen LogP contribution >= 0.6 is 0 Å². The van der Waals surface area contributed by atoms with Crippen molar-refractivity contribution >= 4 is 11.9 Å². The number of para-hydroxylation sites is 1. The van der Waals surface area contributed by atoms with Crippen molar-refractivity contribution in [3.8, 4) is 0 Å². The second kappa shape index (κ2) is 6.99. The van der Waals surface area contributed by atoms with Crippen LogP contribution in [0.1, 0.15) is 33.1 Å². The van der Waals surface area contributed by atoms with Gasteiger partial charge in [0, 0.05) is 6.21 Å². The van der Waals surface area contributed by atoms with Crippen LogP contribution in [-0.2, 0) is 0 Å². The Labute approximate surface area is 92.6 Å². The first-order chi connectivity index (χ1) is 7.36. The highest BCUT2D eigenvalue weighted by Crippen LogP contribution is 2.10. The van der Waals surface area contributed by atoms with E-state index in [2.05, 4.69) is 24.9 Å². The third kappa shape index (κ3) is 4.59. The summed E-state index contributed by atoms with van der Waals surface area (Å²) in [5, 5.41) is 0. The first-order valence-corrected chi connectivity index (χ1v) is 5.65. The zero-order chi connectivity index (χ0) is 10.9. The molecule has 0 heterocycles. The Morgan fingerprint density at radius 3 is 2.53 bits per heavy atom. The van der Waals surface area contributed by atoms with Crippen LogP contribution in [0.4, 0.5) is 5.69 Å². The SMILES string of the molecule is CCC/C=C(/C=Nc1ccccc1)CC. The summed E-state index contributed by atoms with van der Waals surface area (Å²) >= 11 is 0. The number of hydrogen-bond donors (Lipinski definition) is 0. The molecule has 0 saturated carbocycles. The molecule has 0 fully saturated rings. The van der Waals surface area contributed by atoms with E-state index in [4.69, 9.17) is 0 Å². The Morgan fingerprint density at radius 1 is 1.20 bits per heavy atom. The molecule has 0 aromatic heterocycles. The summed E-state index contributed by atoms with van der Waals surface area (Å²) in [4.78, 5) is 4.44. The van der Waals surface area contributed by atoms with Crippen molar-refractivity contribution in [1.29, 1.82) is 0 Å². The molecule has 0 spiro atoms. The van der Waals surface area contributed by atoms with E-state index in [1.54, 1.807) is 0 Å². The first-order valence-electron chi connectivity index (χ1n) is 5.65. The minimum absolute atomic E-state index is 1.02. The summed E-state index contributed by atoms with van der Waals surface area (Å²) in [5.74, 6) is 0. The monoisotopic (exact) mass is 201 g/mol. The quantitative estimate of drug-likeness (QED) is 0.621. The smallest absolute Gasteiger partial charge is 0.0629 e. The molecule has 80 valence electrons. The lowest BCUT2D eigenvalue weighted by Gasteiger charge is -1.96. The second-order valence-electron chi connectivity index (χ2n) is 3.52. The van der Waals surface area contributed by atoms with E-state index in [0.717, 1.165) is 18.5 Å². The average Bonchev–Trinajstić information content (AvgIpc) is 2.31. The minimum Gasteiger partial charge on any atom is -0.257 e. The third-order valence-corrected chi connectivity index (χ3v) is 2.24. The molecule has 1 aromatic rings. The van der Waals surface area contributed by atoms with Gasteiger partial charge in [0.2, 0.25) is 0 Å². The van der Waals surface area contributed by atoms with E-state index in [-0.39, 0.29) is 0 Å². The number of hydrogen-bond acceptors (Lipinski definition) is 1. The molecule has 0 aliphatic rings. The molecule has 1 nitrogen and oxygen atoms in total. The van der Waals surface area contributed by atoms with E-state index in [0.29, 0.717) is 0 Å². The standard InChI is InChI=1S/C14H19N/c1-3-5-9-13(4-2)12-15-14-10-7-6-8-11-14/h6-12H,3-5H2,1-2H3/b13-9+,15-12?. The van der Waals surface area contributed by atoms with Gasteiger partial charge in [0.1, 0.15) is 0 Å². The van der Waals surface area contributed by atoms with Crippen molar-refractivity contribution < 1.29 is 0 Å². The third-order valence-electron chi connectivity index (χ3n) is 2.24. The largest absolute Gasteiger partial charge is 0.257 e. The summed E-state index contributed by atoms with van der Waals surface area (Å²) < 4.78 is 0. The summed E-state index contributed by atoms with van der Waals surface area (Å²) in [7, 11) is 0. The van der Waals surface area contributed by atoms with Gasteiger partial charge in [0.15, 0.2) is 0 Å². The Kier molecular flexibility index (Phi) is 5.46. The number of unbranched alkanes of at least 4 members (excludes halogenated alkanes) is 1. The highest BCUT2D eigenvalue weighted by Gasteiger charge is 1.89. The topological polar surface area (TPSA) is 12.4 Å². The average molecular weight is 201 g/mol. The zero-order valence-corrected chi connectivity index (χ0v) is 9.61. The highest BCUT2D eigenvalue weighted by molar-refractivity contribution is 5.80. The molecular weight excluding hydrogens is 182 g/mol. The molecule has 1 heteroatoms. The van der Waals surface area contributed by atoms with Crippen molar-refractivity contribution in [3.63, 3.8) is 0 Å². The molecule has 1 rings (SSSR count). The molecule has 1 aromatic carbocycles. The van der Waals surface area contributed by atoms with E-state index >= 15 is 0 Å². The fourth-order valence-corrected chi connectivity index (χ4v) is 1.29. The van der Waals surface area contributed by atoms with Crippen LogP contribution in [-0.4, -0.2) is 6.21 Å². The van der Waals surface area contributed by atoms with Crippen molar-refractivity contribution in [2.24, 2.45) is 4.99 Å². The van der Waals surface area contributed by atoms with Gasteiger partial charge in [-0.25, -0.2) is 0 Å². The molecule has 0 radical (unpaired) electrons. The Morgan fingerprint density at radius 2 is 1.93 bits per heavy atom. The van der Waals surface area contributed by atoms with Gasteiger partial charge in [-0.15, -0.1) is 0 Å². The van der Waals surface area contributed by atoms with Crippen molar-refractivity contribution in [2.75, 3.05) is 0 Å². The molecule has 0 amide bonds. The van der Waals surface area contributed by atoms with Crippen LogP contribution in [0.3, 0.4) is 0 Å². The molecule has 0 saturated heterocycles. The van der Waals surface area contributed by atoms with Gasteiger partial charge < -0.3 is 0 Å². The molecule has 0 aliphatic carbocycles. The van der Waals surface area contributed by atoms with Gasteiger partial charge in [0.25, 0.3) is 0 Å². The predicted octanol–water partition coefficient (Wildman–Crippen LogP) is 4.53. The van der Waals surface area contributed by atoms with E-state index in [1.165, 1.54) is 12.0 Å². The van der Waals surface area contributed by atoms with Gasteiger partial charge in [-0.1, -0.05) is 44.5 Å². The van der Waals surface area contributed by atoms with E-state index in [1.807, 2.05) is 36.5 Å². The lowest BCUT2D eigenvalue weighted by molar-refractivity contribution is 0.946. The number of aliphatic imine (C=N–C) groups is 1. The van der Waals surface area contributed by atoms with Crippen LogP contribution in [0.2, 0.25) is 0 Å². The minimum atomic E-state index is 1.02. The number of allylic oxidation sites excluding steroid dienone is 2. The predicted molar refractivity (Wildman–Crippen MR) is 67.9 cm³/mol. The van der Waals surface area contributed by atoms with Gasteiger partial charge in [-0.05, 0) is 30.5 Å². The van der Waals surface area contributed by atoms with E-state index in [9.17, 15) is 0 Å². The maximum atomic E-state index is 4.44. The van der Waals surface area contributed by atoms with Crippen LogP contribution in [0.25, 0.3) is 0 Å². The lowest BCUT2D eigenvalue weighted by atomic mass is 10.1. The second-order valence-corrected chi connectivity index (χ2v) is 3.52. The molecule has 0 N–H and O–H groups in total. The summed E-state index contributed by atoms with van der Waals surface area (Å²) in [6.45, 7) is 4.36. The van der Waals surface area contributed by atoms with Crippen LogP contribution < -0.4 is 0 Å². The first kappa shape index (κ1) is 11.7. The van der Waals surface area contributed by atoms with Crippen molar-refractivity contribution in [1.82, 2.24) is 0 Å². The molecule has 0 aliphatic heterocycles. The van der Waals surface area contributed by atoms with Crippen LogP contribution in [0, 0.1) is 0 Å².